The van der Waals surface area contributed by atoms with Gasteiger partial charge in [-0.25, -0.2) is 19.4 Å². The molecule has 3 aliphatic rings. The van der Waals surface area contributed by atoms with Crippen LogP contribution in [-0.2, 0) is 13.5 Å². The molecule has 3 N–H and O–H groups in total. The van der Waals surface area contributed by atoms with Crippen LogP contribution in [-0.4, -0.2) is 63.0 Å². The van der Waals surface area contributed by atoms with E-state index in [-0.39, 0.29) is 23.2 Å². The van der Waals surface area contributed by atoms with Gasteiger partial charge in [-0.05, 0) is 74.4 Å². The number of halogens is 1. The van der Waals surface area contributed by atoms with E-state index in [4.69, 9.17) is 26.3 Å². The molecule has 50 heavy (non-hydrogen) atoms. The zero-order valence-corrected chi connectivity index (χ0v) is 29.3. The molecule has 0 radical (unpaired) electrons. The number of pyridine rings is 2. The number of hydrogen-bond acceptors (Lipinski definition) is 8. The summed E-state index contributed by atoms with van der Waals surface area (Å²) < 4.78 is 7.28. The number of aromatic nitrogens is 4. The Labute approximate surface area is 295 Å². The summed E-state index contributed by atoms with van der Waals surface area (Å²) in [6.07, 6.45) is 5.43. The van der Waals surface area contributed by atoms with E-state index < -0.39 is 0 Å². The Hall–Kier alpha value is -5.00. The minimum absolute atomic E-state index is 0.0760. The first-order valence-electron chi connectivity index (χ1n) is 17.0. The topological polar surface area (TPSA) is 126 Å². The number of ether oxygens (including phenoxy) is 1. The van der Waals surface area contributed by atoms with Crippen molar-refractivity contribution < 1.29 is 9.53 Å². The molecule has 2 aliphatic heterocycles. The third kappa shape index (κ3) is 5.45. The summed E-state index contributed by atoms with van der Waals surface area (Å²) >= 11 is 7.26. The Balaban J connectivity index is 1.12. The second-order valence-corrected chi connectivity index (χ2v) is 14.1. The van der Waals surface area contributed by atoms with Gasteiger partial charge in [-0.15, -0.1) is 0 Å². The van der Waals surface area contributed by atoms with Gasteiger partial charge in [0.05, 0.1) is 34.9 Å². The lowest BCUT2D eigenvalue weighted by molar-refractivity contribution is 0.187. The number of amides is 2. The van der Waals surface area contributed by atoms with Crippen LogP contribution >= 0.6 is 11.6 Å². The van der Waals surface area contributed by atoms with Crippen molar-refractivity contribution in [1.82, 2.24) is 35.3 Å². The molecule has 3 aromatic heterocycles. The monoisotopic (exact) mass is 690 g/mol. The molecular formula is C38H39ClN8O3. The number of nitrogens with zero attached hydrogens (tertiary/aromatic N) is 5. The normalized spacial score (nSPS) is 20.2. The standard InChI is InChI=1S/C38H39ClN8O3/c1-21-17-24-19-41-46(3)36(48)32(24)34(42-21)43-28-10-6-7-25(22(28)2)26-8-5-9-27(33(26)39)29-18-23-11-12-30(31(23)35(44-29)50-4)47-16-14-38(20-47)13-15-40-37(49)45-38/h5-10,17-19,30H,11-16,20H2,1-4H3,(H,42,43)(H2,40,45,49)/t30-,38+/m1/s1. The number of carbonyl (C=O) groups excluding carboxylic acids is 1. The third-order valence-electron chi connectivity index (χ3n) is 10.6. The number of rotatable bonds is 6. The van der Waals surface area contributed by atoms with Crippen molar-refractivity contribution in [2.75, 3.05) is 32.1 Å². The molecule has 11 nitrogen and oxygen atoms in total. The highest BCUT2D eigenvalue weighted by molar-refractivity contribution is 6.36. The van der Waals surface area contributed by atoms with Crippen molar-refractivity contribution in [2.24, 2.45) is 7.05 Å². The number of urea groups is 1. The summed E-state index contributed by atoms with van der Waals surface area (Å²) in [6.45, 7) is 6.37. The number of nitrogens with one attached hydrogen (secondary N) is 3. The number of benzene rings is 2. The predicted octanol–water partition coefficient (Wildman–Crippen LogP) is 6.21. The summed E-state index contributed by atoms with van der Waals surface area (Å²) in [5, 5.41) is 15.5. The molecule has 5 heterocycles. The summed E-state index contributed by atoms with van der Waals surface area (Å²) in [7, 11) is 3.31. The minimum Gasteiger partial charge on any atom is -0.481 e. The second-order valence-electron chi connectivity index (χ2n) is 13.7. The Bertz CT molecular complexity index is 2250. The molecule has 2 fully saturated rings. The average Bonchev–Trinajstić information content (AvgIpc) is 3.71. The quantitative estimate of drug-likeness (QED) is 0.192. The van der Waals surface area contributed by atoms with E-state index in [9.17, 15) is 9.59 Å². The first-order valence-corrected chi connectivity index (χ1v) is 17.4. The fourth-order valence-corrected chi connectivity index (χ4v) is 8.41. The summed E-state index contributed by atoms with van der Waals surface area (Å²) in [4.78, 5) is 37.5. The van der Waals surface area contributed by atoms with Gasteiger partial charge in [0.1, 0.15) is 5.82 Å². The Morgan fingerprint density at radius 2 is 1.84 bits per heavy atom. The van der Waals surface area contributed by atoms with E-state index in [0.717, 1.165) is 89.1 Å². The van der Waals surface area contributed by atoms with E-state index in [2.05, 4.69) is 32.0 Å². The minimum atomic E-state index is -0.217. The molecule has 0 bridgehead atoms. The SMILES string of the molecule is COc1nc(-c2cccc(-c3cccc(Nc4nc(C)cc5cnn(C)c(=O)c45)c3C)c2Cl)cc2c1[C@H](N1CC[C@@]3(CCNC(=O)N3)C1)CC2. The zero-order valence-electron chi connectivity index (χ0n) is 28.6. The average molecular weight is 691 g/mol. The van der Waals surface area contributed by atoms with Crippen LogP contribution < -0.4 is 26.2 Å². The van der Waals surface area contributed by atoms with Gasteiger partial charge in [-0.3, -0.25) is 9.69 Å². The maximum Gasteiger partial charge on any atom is 0.315 e. The number of likely N-dealkylation sites (tertiary alicyclic amines) is 1. The van der Waals surface area contributed by atoms with E-state index in [1.54, 1.807) is 20.4 Å². The third-order valence-corrected chi connectivity index (χ3v) is 11.0. The molecule has 2 saturated heterocycles. The van der Waals surface area contributed by atoms with Gasteiger partial charge < -0.3 is 20.7 Å². The number of fused-ring (bicyclic) bond motifs is 2. The molecule has 12 heteroatoms. The molecular weight excluding hydrogens is 652 g/mol. The molecule has 5 aromatic rings. The molecule has 0 unspecified atom stereocenters. The highest BCUT2D eigenvalue weighted by Gasteiger charge is 2.45. The Morgan fingerprint density at radius 1 is 1.04 bits per heavy atom. The van der Waals surface area contributed by atoms with Crippen molar-refractivity contribution >= 4 is 39.9 Å². The Morgan fingerprint density at radius 3 is 2.66 bits per heavy atom. The lowest BCUT2D eigenvalue weighted by Gasteiger charge is -2.36. The van der Waals surface area contributed by atoms with Gasteiger partial charge >= 0.3 is 6.03 Å². The van der Waals surface area contributed by atoms with Crippen molar-refractivity contribution in [1.29, 1.82) is 0 Å². The molecule has 2 amide bonds. The van der Waals surface area contributed by atoms with Crippen molar-refractivity contribution in [2.45, 2.75) is 51.1 Å². The lowest BCUT2D eigenvalue weighted by Crippen LogP contribution is -2.59. The van der Waals surface area contributed by atoms with Gasteiger partial charge in [0.2, 0.25) is 5.88 Å². The van der Waals surface area contributed by atoms with E-state index in [1.165, 1.54) is 10.2 Å². The van der Waals surface area contributed by atoms with Gasteiger partial charge in [0.15, 0.2) is 0 Å². The van der Waals surface area contributed by atoms with Crippen LogP contribution in [0, 0.1) is 13.8 Å². The molecule has 1 aliphatic carbocycles. The van der Waals surface area contributed by atoms with E-state index in [1.807, 2.05) is 56.3 Å². The molecule has 2 aromatic carbocycles. The second kappa shape index (κ2) is 12.4. The largest absolute Gasteiger partial charge is 0.481 e. The van der Waals surface area contributed by atoms with Gasteiger partial charge in [0, 0.05) is 66.2 Å². The highest BCUT2D eigenvalue weighted by atomic mass is 35.5. The fraction of sp³-hybridized carbons (Fsp3) is 0.342. The zero-order chi connectivity index (χ0) is 34.7. The van der Waals surface area contributed by atoms with Crippen LogP contribution in [0.5, 0.6) is 5.88 Å². The summed E-state index contributed by atoms with van der Waals surface area (Å²) in [5.74, 6) is 1.11. The number of anilines is 2. The van der Waals surface area contributed by atoms with Gasteiger partial charge in [-0.2, -0.15) is 5.10 Å². The van der Waals surface area contributed by atoms with Gasteiger partial charge in [-0.1, -0.05) is 41.9 Å². The Kier molecular flexibility index (Phi) is 7.99. The maximum absolute atomic E-state index is 13.1. The fourth-order valence-electron chi connectivity index (χ4n) is 8.09. The first kappa shape index (κ1) is 32.2. The summed E-state index contributed by atoms with van der Waals surface area (Å²) in [6, 6.07) is 16.1. The number of aryl methyl sites for hydroxylation is 3. The van der Waals surface area contributed by atoms with Crippen LogP contribution in [0.2, 0.25) is 5.02 Å². The van der Waals surface area contributed by atoms with E-state index in [0.29, 0.717) is 28.7 Å². The predicted molar refractivity (Wildman–Crippen MR) is 195 cm³/mol. The molecule has 8 rings (SSSR count). The molecule has 1 spiro atoms. The summed E-state index contributed by atoms with van der Waals surface area (Å²) in [5.41, 5.74) is 7.94. The van der Waals surface area contributed by atoms with Gasteiger partial charge in [0.25, 0.3) is 5.56 Å². The number of hydrogen-bond donors (Lipinski definition) is 3. The van der Waals surface area contributed by atoms with E-state index >= 15 is 0 Å². The van der Waals surface area contributed by atoms with Crippen LogP contribution in [0.1, 0.15) is 47.7 Å². The maximum atomic E-state index is 13.1. The van der Waals surface area contributed by atoms with Crippen molar-refractivity contribution in [3.8, 4) is 28.3 Å². The lowest BCUT2D eigenvalue weighted by atomic mass is 9.93. The van der Waals surface area contributed by atoms with Crippen LogP contribution in [0.3, 0.4) is 0 Å². The van der Waals surface area contributed by atoms with Crippen molar-refractivity contribution in [3.05, 3.63) is 92.5 Å². The molecule has 0 saturated carbocycles. The van der Waals surface area contributed by atoms with Crippen LogP contribution in [0.4, 0.5) is 16.3 Å². The smallest absolute Gasteiger partial charge is 0.315 e. The number of methoxy groups -OCH3 is 1. The number of carbonyl (C=O) groups is 1. The van der Waals surface area contributed by atoms with Crippen LogP contribution in [0.15, 0.2) is 59.5 Å². The first-order chi connectivity index (χ1) is 24.1. The molecule has 2 atom stereocenters. The van der Waals surface area contributed by atoms with Crippen LogP contribution in [0.25, 0.3) is 33.2 Å². The van der Waals surface area contributed by atoms with Crippen molar-refractivity contribution in [3.63, 3.8) is 0 Å². The highest BCUT2D eigenvalue weighted by Crippen LogP contribution is 2.46. The molecule has 256 valence electrons.